The maximum atomic E-state index is 11.1. The van der Waals surface area contributed by atoms with E-state index < -0.39 is 9.85 Å². The summed E-state index contributed by atoms with van der Waals surface area (Å²) in [6, 6.07) is 18.4. The summed E-state index contributed by atoms with van der Waals surface area (Å²) in [4.78, 5) is 37.5. The first-order chi connectivity index (χ1) is 21.9. The molecule has 2 N–H and O–H groups in total. The topological polar surface area (TPSA) is 162 Å². The number of anilines is 4. The van der Waals surface area contributed by atoms with Gasteiger partial charge in [-0.25, -0.2) is 19.9 Å². The van der Waals surface area contributed by atoms with E-state index in [2.05, 4.69) is 30.6 Å². The Bertz CT molecular complexity index is 2170. The van der Waals surface area contributed by atoms with Gasteiger partial charge in [0.05, 0.1) is 52.0 Å². The van der Waals surface area contributed by atoms with Gasteiger partial charge in [-0.3, -0.25) is 20.2 Å². The molecule has 0 atom stereocenters. The van der Waals surface area contributed by atoms with Crippen LogP contribution in [0, 0.1) is 20.2 Å². The molecule has 0 aliphatic heterocycles. The Morgan fingerprint density at radius 1 is 0.478 bits per heavy atom. The molecule has 0 aliphatic rings. The van der Waals surface area contributed by atoms with E-state index in [1.807, 2.05) is 0 Å². The number of hydrogen-bond acceptors (Lipinski definition) is 10. The smallest absolute Gasteiger partial charge is 0.271 e. The van der Waals surface area contributed by atoms with Crippen molar-refractivity contribution in [2.45, 2.75) is 0 Å². The van der Waals surface area contributed by atoms with Crippen molar-refractivity contribution in [3.8, 4) is 0 Å². The Morgan fingerprint density at radius 2 is 0.870 bits per heavy atom. The van der Waals surface area contributed by atoms with E-state index >= 15 is 0 Å². The first-order valence-corrected chi connectivity index (χ1v) is 14.8. The third kappa shape index (κ3) is 7.73. The minimum atomic E-state index is -0.510. The average Bonchev–Trinajstić information content (AvgIpc) is 3.01. The largest absolute Gasteiger partial charge is 0.337 e. The molecule has 0 unspecified atom stereocenters. The van der Waals surface area contributed by atoms with E-state index in [4.69, 9.17) is 69.6 Å². The van der Waals surface area contributed by atoms with Gasteiger partial charge >= 0.3 is 0 Å². The van der Waals surface area contributed by atoms with Gasteiger partial charge in [0, 0.05) is 35.6 Å². The summed E-state index contributed by atoms with van der Waals surface area (Å²) in [7, 11) is 0. The highest BCUT2D eigenvalue weighted by Gasteiger charge is 2.15. The lowest BCUT2D eigenvalue weighted by molar-refractivity contribution is -0.384. The highest BCUT2D eigenvalue weighted by Crippen LogP contribution is 2.33. The van der Waals surface area contributed by atoms with Crippen LogP contribution in [0.25, 0.3) is 22.1 Å². The molecule has 6 rings (SSSR count). The van der Waals surface area contributed by atoms with Crippen LogP contribution in [0.15, 0.2) is 72.8 Å². The Hall–Kier alpha value is -4.30. The Balaban J connectivity index is 0.000000232. The quantitative estimate of drug-likeness (QED) is 0.124. The average molecular weight is 739 g/mol. The number of nitro groups is 2. The van der Waals surface area contributed by atoms with E-state index in [0.717, 1.165) is 0 Å². The number of nitro benzene ring substituents is 2. The predicted octanol–water partition coefficient (Wildman–Crippen LogP) is 10.5. The molecule has 6 aromatic rings. The molecular formula is C28H14Cl6N8O4. The minimum Gasteiger partial charge on any atom is -0.337 e. The second-order valence-corrected chi connectivity index (χ2v) is 11.4. The zero-order chi connectivity index (χ0) is 33.1. The van der Waals surface area contributed by atoms with Crippen LogP contribution in [0.3, 0.4) is 0 Å². The molecule has 2 aromatic heterocycles. The fraction of sp³-hybridized carbons (Fsp3) is 0. The van der Waals surface area contributed by atoms with Crippen LogP contribution in [0.4, 0.5) is 34.4 Å². The van der Waals surface area contributed by atoms with Crippen molar-refractivity contribution in [2.75, 3.05) is 10.6 Å². The molecular weight excluding hydrogens is 725 g/mol. The van der Waals surface area contributed by atoms with Gasteiger partial charge in [0.15, 0.2) is 21.9 Å². The Labute approximate surface area is 288 Å². The van der Waals surface area contributed by atoms with E-state index in [0.29, 0.717) is 65.2 Å². The standard InChI is InChI=1S/C20H11Cl4N5O2.C8H3Cl2N3O2/c21-13-4-1-10(7-15(13)23)25-19-20(26-11-2-5-14(22)16(24)8-11)28-18-9-12(29(30)31)3-6-17(18)27-19;9-7-8(10)12-6-3-4(13(14)15)1-2-5(6)11-7/h1-9H,(H,25,27)(H,26,28);1-3H. The number of halogens is 6. The van der Waals surface area contributed by atoms with Crippen LogP contribution in [0.2, 0.25) is 30.4 Å². The summed E-state index contributed by atoms with van der Waals surface area (Å²) < 4.78 is 0. The second kappa shape index (κ2) is 14.0. The molecule has 0 amide bonds. The number of fused-ring (bicyclic) bond motifs is 2. The number of aromatic nitrogens is 4. The SMILES string of the molecule is O=[N+]([O-])c1ccc2nc(Cl)c(Cl)nc2c1.O=[N+]([O-])c1ccc2nc(Nc3ccc(Cl)c(Cl)c3)c(Nc3ccc(Cl)c(Cl)c3)nc2c1. The fourth-order valence-corrected chi connectivity index (χ4v) is 4.73. The van der Waals surface area contributed by atoms with E-state index in [9.17, 15) is 20.2 Å². The lowest BCUT2D eigenvalue weighted by atomic mass is 10.2. The van der Waals surface area contributed by atoms with E-state index in [1.165, 1.54) is 36.4 Å². The molecule has 4 aromatic carbocycles. The molecule has 0 spiro atoms. The maximum absolute atomic E-state index is 11.1. The minimum absolute atomic E-state index is 0.0321. The molecule has 18 heteroatoms. The van der Waals surface area contributed by atoms with Crippen LogP contribution in [0.1, 0.15) is 0 Å². The lowest BCUT2D eigenvalue weighted by Crippen LogP contribution is -2.04. The number of benzene rings is 4. The number of non-ortho nitro benzene ring substituents is 2. The molecule has 0 fully saturated rings. The van der Waals surface area contributed by atoms with Crippen LogP contribution in [-0.2, 0) is 0 Å². The summed E-state index contributed by atoms with van der Waals surface area (Å²) in [5.74, 6) is 0.684. The molecule has 232 valence electrons. The number of nitrogens with one attached hydrogen (secondary N) is 2. The molecule has 0 saturated carbocycles. The number of nitrogens with zero attached hydrogens (tertiary/aromatic N) is 6. The van der Waals surface area contributed by atoms with E-state index in [1.54, 1.807) is 36.4 Å². The summed E-state index contributed by atoms with van der Waals surface area (Å²) in [6.07, 6.45) is 0. The van der Waals surface area contributed by atoms with Crippen molar-refractivity contribution >= 4 is 126 Å². The van der Waals surface area contributed by atoms with Gasteiger partial charge in [-0.2, -0.15) is 0 Å². The van der Waals surface area contributed by atoms with Gasteiger partial charge in [-0.05, 0) is 48.5 Å². The molecule has 46 heavy (non-hydrogen) atoms. The van der Waals surface area contributed by atoms with Crippen LogP contribution in [-0.4, -0.2) is 29.8 Å². The maximum Gasteiger partial charge on any atom is 0.271 e. The zero-order valence-corrected chi connectivity index (χ0v) is 27.0. The highest BCUT2D eigenvalue weighted by molar-refractivity contribution is 6.43. The van der Waals surface area contributed by atoms with Crippen molar-refractivity contribution < 1.29 is 9.85 Å². The van der Waals surface area contributed by atoms with Gasteiger partial charge < -0.3 is 10.6 Å². The number of hydrogen-bond donors (Lipinski definition) is 2. The van der Waals surface area contributed by atoms with Gasteiger partial charge in [-0.15, -0.1) is 0 Å². The predicted molar refractivity (Wildman–Crippen MR) is 182 cm³/mol. The monoisotopic (exact) mass is 736 g/mol. The van der Waals surface area contributed by atoms with Crippen LogP contribution in [0.5, 0.6) is 0 Å². The van der Waals surface area contributed by atoms with Gasteiger partial charge in [0.25, 0.3) is 11.4 Å². The summed E-state index contributed by atoms with van der Waals surface area (Å²) in [5, 5.41) is 29.6. The normalized spacial score (nSPS) is 10.7. The summed E-state index contributed by atoms with van der Waals surface area (Å²) in [6.45, 7) is 0. The Morgan fingerprint density at radius 3 is 1.30 bits per heavy atom. The zero-order valence-electron chi connectivity index (χ0n) is 22.5. The van der Waals surface area contributed by atoms with Crippen LogP contribution < -0.4 is 10.6 Å². The first-order valence-electron chi connectivity index (χ1n) is 12.6. The summed E-state index contributed by atoms with van der Waals surface area (Å²) in [5.41, 5.74) is 2.70. The van der Waals surface area contributed by atoms with Crippen molar-refractivity contribution in [3.05, 3.63) is 123 Å². The molecule has 12 nitrogen and oxygen atoms in total. The highest BCUT2D eigenvalue weighted by atomic mass is 35.5. The fourth-order valence-electron chi connectivity index (χ4n) is 3.87. The van der Waals surface area contributed by atoms with Gasteiger partial charge in [0.2, 0.25) is 0 Å². The third-order valence-electron chi connectivity index (χ3n) is 6.00. The van der Waals surface area contributed by atoms with Gasteiger partial charge in [0.1, 0.15) is 0 Å². The van der Waals surface area contributed by atoms with Gasteiger partial charge in [-0.1, -0.05) is 69.6 Å². The van der Waals surface area contributed by atoms with E-state index in [-0.39, 0.29) is 21.7 Å². The first kappa shape index (κ1) is 33.1. The Kier molecular flexibility index (Phi) is 10.1. The van der Waals surface area contributed by atoms with Crippen molar-refractivity contribution in [2.24, 2.45) is 0 Å². The second-order valence-electron chi connectivity index (χ2n) is 9.09. The molecule has 0 saturated heterocycles. The summed E-state index contributed by atoms with van der Waals surface area (Å²) >= 11 is 35.5. The van der Waals surface area contributed by atoms with Crippen molar-refractivity contribution in [3.63, 3.8) is 0 Å². The van der Waals surface area contributed by atoms with Crippen molar-refractivity contribution in [1.29, 1.82) is 0 Å². The molecule has 2 heterocycles. The number of rotatable bonds is 6. The van der Waals surface area contributed by atoms with Crippen LogP contribution >= 0.6 is 69.6 Å². The van der Waals surface area contributed by atoms with Crippen molar-refractivity contribution in [1.82, 2.24) is 19.9 Å². The third-order valence-corrected chi connectivity index (χ3v) is 8.10. The molecule has 0 aliphatic carbocycles. The molecule has 0 radical (unpaired) electrons. The molecule has 0 bridgehead atoms. The lowest BCUT2D eigenvalue weighted by Gasteiger charge is -2.14.